The van der Waals surface area contributed by atoms with Crippen LogP contribution in [0.4, 0.5) is 0 Å². The van der Waals surface area contributed by atoms with Crippen molar-refractivity contribution in [3.8, 4) is 67.5 Å². The van der Waals surface area contributed by atoms with Crippen molar-refractivity contribution >= 4 is 11.0 Å². The van der Waals surface area contributed by atoms with Crippen LogP contribution in [0.25, 0.3) is 72.7 Å². The van der Waals surface area contributed by atoms with E-state index < -0.39 is 48.4 Å². The van der Waals surface area contributed by atoms with Crippen molar-refractivity contribution < 1.29 is 38.5 Å². The fourth-order valence-corrected chi connectivity index (χ4v) is 8.27. The van der Waals surface area contributed by atoms with Crippen LogP contribution in [0.1, 0.15) is 148 Å². The number of hydrogen-bond acceptors (Lipinski definition) is 3. The zero-order chi connectivity index (χ0) is 54.6. The molecule has 4 nitrogen and oxygen atoms in total. The molecule has 0 amide bonds. The van der Waals surface area contributed by atoms with E-state index in [-0.39, 0.29) is 48.6 Å². The molecule has 0 atom stereocenters. The summed E-state index contributed by atoms with van der Waals surface area (Å²) in [7, 11) is 0. The molecule has 66 heavy (non-hydrogen) atoms. The minimum Gasteiger partial charge on any atom is -0.507 e. The molecule has 0 aliphatic rings. The average molecular weight is 1060 g/mol. The zero-order valence-electron chi connectivity index (χ0n) is 49.4. The van der Waals surface area contributed by atoms with Gasteiger partial charge in [-0.2, -0.15) is 0 Å². The predicted molar refractivity (Wildman–Crippen MR) is 276 cm³/mol. The quantitative estimate of drug-likeness (QED) is 0.154. The predicted octanol–water partition coefficient (Wildman–Crippen LogP) is 16.7. The van der Waals surface area contributed by atoms with Gasteiger partial charge in [-0.25, -0.2) is 4.98 Å². The number of rotatable bonds is 8. The second kappa shape index (κ2) is 18.3. The minimum absolute atomic E-state index is 0. The molecule has 0 spiro atoms. The summed E-state index contributed by atoms with van der Waals surface area (Å²) in [6.07, 6.45) is 1.53. The second-order valence-corrected chi connectivity index (χ2v) is 20.8. The van der Waals surface area contributed by atoms with Gasteiger partial charge in [0, 0.05) is 45.4 Å². The summed E-state index contributed by atoms with van der Waals surface area (Å²) < 4.78 is 79.3. The molecule has 0 bridgehead atoms. The van der Waals surface area contributed by atoms with E-state index in [1.54, 1.807) is 45.9 Å². The first kappa shape index (κ1) is 37.5. The summed E-state index contributed by atoms with van der Waals surface area (Å²) in [5, 5.41) is 12.5. The van der Waals surface area contributed by atoms with Crippen molar-refractivity contribution in [1.29, 1.82) is 0 Å². The van der Waals surface area contributed by atoms with Crippen molar-refractivity contribution in [2.75, 3.05) is 0 Å². The maximum absolute atomic E-state index is 12.5. The number of imidazole rings is 1. The number of benzene rings is 6. The monoisotopic (exact) mass is 1060 g/mol. The fraction of sp³-hybridized carbons (Fsp3) is 0.311. The summed E-state index contributed by atoms with van der Waals surface area (Å²) in [6.45, 7) is 23.7. The number of aromatic nitrogens is 3. The molecule has 8 rings (SSSR count). The first-order valence-electron chi connectivity index (χ1n) is 26.9. The number of pyridine rings is 1. The standard InChI is InChI=1S/C61H66N3O.Pt/c1-37(2)43-33-50(38(3)4)57(65)52(34-43)58-63-56-49(44-30-45(32-48(31-44)61(12,13)14)53-35-42(28-29-62-53)40-20-18-39(5)19-21-40)16-15-17-55(56)64(58)54-27-26-47(60(9,10)11)36-51(54)41-22-24-46(25-23-41)59(6,7)8;/h15-29,31-38,65H,1-14H3;/q-1;/i5D3,18D,19D,20D,21D,37D,38D;. The number of fused-ring (bicyclic) bond motifs is 1. The Hall–Kier alpha value is -5.57. The smallest absolute Gasteiger partial charge is 0.148 e. The third-order valence-corrected chi connectivity index (χ3v) is 12.3. The van der Waals surface area contributed by atoms with Gasteiger partial charge in [0.25, 0.3) is 0 Å². The van der Waals surface area contributed by atoms with Crippen LogP contribution in [0.2, 0.25) is 0 Å². The van der Waals surface area contributed by atoms with Gasteiger partial charge in [-0.05, 0) is 104 Å². The first-order chi connectivity index (χ1) is 34.1. The van der Waals surface area contributed by atoms with Crippen LogP contribution in [0.3, 0.4) is 0 Å². The molecule has 0 aliphatic heterocycles. The van der Waals surface area contributed by atoms with Gasteiger partial charge in [0.15, 0.2) is 0 Å². The van der Waals surface area contributed by atoms with Gasteiger partial charge >= 0.3 is 0 Å². The largest absolute Gasteiger partial charge is 0.507 e. The summed E-state index contributed by atoms with van der Waals surface area (Å²) in [4.78, 5) is 10.3. The molecule has 0 unspecified atom stereocenters. The van der Waals surface area contributed by atoms with Crippen molar-refractivity contribution in [3.05, 3.63) is 167 Å². The molecule has 5 heteroatoms. The molecule has 0 saturated carbocycles. The van der Waals surface area contributed by atoms with Crippen LogP contribution in [0.5, 0.6) is 5.75 Å². The minimum atomic E-state index is -2.84. The van der Waals surface area contributed by atoms with Crippen molar-refractivity contribution in [1.82, 2.24) is 14.5 Å². The van der Waals surface area contributed by atoms with Gasteiger partial charge in [-0.3, -0.25) is 9.55 Å². The van der Waals surface area contributed by atoms with E-state index in [4.69, 9.17) is 19.6 Å². The molecule has 2 heterocycles. The molecule has 2 aromatic heterocycles. The average Bonchev–Trinajstić information content (AvgIpc) is 3.68. The van der Waals surface area contributed by atoms with E-state index in [0.29, 0.717) is 50.4 Å². The summed E-state index contributed by atoms with van der Waals surface area (Å²) in [5.74, 6) is -2.01. The topological polar surface area (TPSA) is 50.9 Å². The normalized spacial score (nSPS) is 14.8. The number of phenolic OH excluding ortho intramolecular Hbond substituents is 1. The molecule has 0 radical (unpaired) electrons. The Morgan fingerprint density at radius 3 is 1.91 bits per heavy atom. The van der Waals surface area contributed by atoms with Gasteiger partial charge in [-0.15, -0.1) is 29.3 Å². The Morgan fingerprint density at radius 1 is 0.636 bits per heavy atom. The van der Waals surface area contributed by atoms with Crippen molar-refractivity contribution in [2.24, 2.45) is 0 Å². The Kier molecular flexibility index (Phi) is 10.4. The molecule has 0 aliphatic carbocycles. The van der Waals surface area contributed by atoms with E-state index in [1.807, 2.05) is 30.3 Å². The van der Waals surface area contributed by atoms with E-state index in [0.717, 1.165) is 39.0 Å². The van der Waals surface area contributed by atoms with Crippen molar-refractivity contribution in [3.63, 3.8) is 0 Å². The van der Waals surface area contributed by atoms with Gasteiger partial charge in [-0.1, -0.05) is 185 Å². The van der Waals surface area contributed by atoms with Gasteiger partial charge in [0.2, 0.25) is 0 Å². The SMILES string of the molecule is [2H]c1c([2H])c(C([2H])([2H])[2H])c([2H])c([2H])c1-c1ccnc(-c2[c-]c(-c3cccc4c3nc(-c3cc(C([2H])(C)C)cc(C([2H])(C)C)c3O)n4-c3ccc(C(C)(C)C)cc3-c3ccc(C(C)(C)C)cc3)cc(C(C)(C)C)c2)c1.[Pt]. The fourth-order valence-electron chi connectivity index (χ4n) is 8.27. The van der Waals surface area contributed by atoms with Crippen LogP contribution >= 0.6 is 0 Å². The van der Waals surface area contributed by atoms with Gasteiger partial charge < -0.3 is 5.11 Å². The van der Waals surface area contributed by atoms with Crippen LogP contribution in [0, 0.1) is 12.9 Å². The van der Waals surface area contributed by atoms with E-state index in [1.165, 1.54) is 11.8 Å². The Labute approximate surface area is 421 Å². The molecule has 1 N–H and O–H groups in total. The van der Waals surface area contributed by atoms with Gasteiger partial charge in [0.1, 0.15) is 11.6 Å². The number of para-hydroxylation sites is 1. The van der Waals surface area contributed by atoms with E-state index in [9.17, 15) is 7.85 Å². The Bertz CT molecular complexity index is 3480. The zero-order valence-corrected chi connectivity index (χ0v) is 42.7. The maximum atomic E-state index is 12.5. The molecule has 8 aromatic rings. The van der Waals surface area contributed by atoms with Crippen molar-refractivity contribution in [2.45, 2.75) is 125 Å². The maximum Gasteiger partial charge on any atom is 0.148 e. The van der Waals surface area contributed by atoms with Crippen LogP contribution < -0.4 is 0 Å². The van der Waals surface area contributed by atoms with E-state index >= 15 is 0 Å². The Morgan fingerprint density at radius 2 is 1.29 bits per heavy atom. The molecular formula is C61H66N3OPt-. The number of hydrogen-bond donors (Lipinski definition) is 1. The molecule has 0 fully saturated rings. The second-order valence-electron chi connectivity index (χ2n) is 20.8. The first-order valence-corrected chi connectivity index (χ1v) is 22.4. The third kappa shape index (κ3) is 9.63. The molecule has 0 saturated heterocycles. The number of phenols is 1. The summed E-state index contributed by atoms with van der Waals surface area (Å²) in [6, 6.07) is 33.6. The number of nitrogens with zero attached hydrogens (tertiary/aromatic N) is 3. The van der Waals surface area contributed by atoms with Crippen LogP contribution in [0.15, 0.2) is 127 Å². The van der Waals surface area contributed by atoms with Crippen LogP contribution in [-0.4, -0.2) is 19.6 Å². The molecule has 342 valence electrons. The molecular weight excluding hydrogens is 986 g/mol. The summed E-state index contributed by atoms with van der Waals surface area (Å²) >= 11 is 0. The van der Waals surface area contributed by atoms with Gasteiger partial charge in [0.05, 0.1) is 27.8 Å². The third-order valence-electron chi connectivity index (χ3n) is 12.3. The Balaban J connectivity index is 0.00000820. The molecule has 6 aromatic carbocycles. The van der Waals surface area contributed by atoms with Crippen LogP contribution in [-0.2, 0) is 37.3 Å². The number of aromatic hydroxyl groups is 1. The summed E-state index contributed by atoms with van der Waals surface area (Å²) in [5.41, 5.74) is 10.2. The van der Waals surface area contributed by atoms with E-state index in [2.05, 4.69) is 121 Å².